The Bertz CT molecular complexity index is 1190. The molecule has 0 radical (unpaired) electrons. The predicted molar refractivity (Wildman–Crippen MR) is 119 cm³/mol. The van der Waals surface area contributed by atoms with E-state index in [0.29, 0.717) is 53.8 Å². The van der Waals surface area contributed by atoms with E-state index in [0.717, 1.165) is 11.3 Å². The highest BCUT2D eigenvalue weighted by molar-refractivity contribution is 7.91. The van der Waals surface area contributed by atoms with E-state index in [2.05, 4.69) is 15.5 Å². The van der Waals surface area contributed by atoms with Crippen molar-refractivity contribution < 1.29 is 17.7 Å². The van der Waals surface area contributed by atoms with E-state index in [4.69, 9.17) is 16.1 Å². The number of nitrogens with zero attached hydrogens (tertiary/aromatic N) is 3. The smallest absolute Gasteiger partial charge is 0.252 e. The molecule has 0 saturated carbocycles. The number of hydrogen-bond donors (Lipinski definition) is 1. The van der Waals surface area contributed by atoms with E-state index in [1.807, 2.05) is 6.92 Å². The first-order valence-electron chi connectivity index (χ1n) is 9.85. The minimum Gasteiger partial charge on any atom is -0.339 e. The van der Waals surface area contributed by atoms with Gasteiger partial charge in [0.25, 0.3) is 10.0 Å². The summed E-state index contributed by atoms with van der Waals surface area (Å²) in [6.45, 7) is 2.40. The van der Waals surface area contributed by atoms with E-state index in [1.54, 1.807) is 35.7 Å². The first-order chi connectivity index (χ1) is 14.9. The number of piperidine rings is 1. The molecule has 1 N–H and O–H groups in total. The van der Waals surface area contributed by atoms with Crippen molar-refractivity contribution in [3.8, 4) is 11.4 Å². The van der Waals surface area contributed by atoms with Crippen LogP contribution in [0.3, 0.4) is 0 Å². The Morgan fingerprint density at radius 2 is 2.23 bits per heavy atom. The lowest BCUT2D eigenvalue weighted by molar-refractivity contribution is -0.120. The lowest BCUT2D eigenvalue weighted by Crippen LogP contribution is -2.43. The molecule has 0 aliphatic carbocycles. The number of carbonyl (C=O) groups excluding carboxylic acids is 1. The summed E-state index contributed by atoms with van der Waals surface area (Å²) >= 11 is 7.08. The quantitative estimate of drug-likeness (QED) is 0.570. The van der Waals surface area contributed by atoms with Crippen molar-refractivity contribution in [2.75, 3.05) is 18.4 Å². The van der Waals surface area contributed by atoms with E-state index in [-0.39, 0.29) is 16.7 Å². The number of carbonyl (C=O) groups is 1. The zero-order chi connectivity index (χ0) is 22.0. The van der Waals surface area contributed by atoms with Crippen molar-refractivity contribution in [2.24, 2.45) is 5.92 Å². The van der Waals surface area contributed by atoms with Crippen LogP contribution in [0.5, 0.6) is 0 Å². The number of nitrogens with one attached hydrogen (secondary N) is 1. The zero-order valence-corrected chi connectivity index (χ0v) is 19.1. The predicted octanol–water partition coefficient (Wildman–Crippen LogP) is 4.05. The third-order valence-corrected chi connectivity index (χ3v) is 8.56. The van der Waals surface area contributed by atoms with Crippen LogP contribution in [0.1, 0.15) is 25.7 Å². The molecule has 8 nitrogen and oxygen atoms in total. The average Bonchev–Trinajstić information content (AvgIpc) is 3.43. The molecule has 0 unspecified atom stereocenters. The van der Waals surface area contributed by atoms with Crippen LogP contribution in [0.15, 0.2) is 44.4 Å². The van der Waals surface area contributed by atoms with Crippen molar-refractivity contribution >= 4 is 44.6 Å². The maximum atomic E-state index is 13.2. The number of aromatic nitrogens is 2. The van der Waals surface area contributed by atoms with Crippen LogP contribution in [0.25, 0.3) is 11.4 Å². The Balaban J connectivity index is 1.47. The Morgan fingerprint density at radius 1 is 1.39 bits per heavy atom. The number of hydrogen-bond acceptors (Lipinski definition) is 7. The van der Waals surface area contributed by atoms with Gasteiger partial charge in [0.1, 0.15) is 4.21 Å². The Kier molecular flexibility index (Phi) is 6.42. The van der Waals surface area contributed by atoms with E-state index < -0.39 is 15.9 Å². The number of benzene rings is 1. The Labute approximate surface area is 189 Å². The van der Waals surface area contributed by atoms with E-state index >= 15 is 0 Å². The highest BCUT2D eigenvalue weighted by atomic mass is 35.5. The van der Waals surface area contributed by atoms with Gasteiger partial charge < -0.3 is 9.84 Å². The molecule has 1 amide bonds. The zero-order valence-electron chi connectivity index (χ0n) is 16.7. The molecule has 1 aromatic carbocycles. The van der Waals surface area contributed by atoms with Gasteiger partial charge in [-0.1, -0.05) is 29.7 Å². The van der Waals surface area contributed by atoms with Gasteiger partial charge in [-0.05, 0) is 37.1 Å². The number of sulfonamides is 1. The molecule has 4 rings (SSSR count). The molecule has 1 atom stereocenters. The second-order valence-corrected chi connectivity index (χ2v) is 10.7. The van der Waals surface area contributed by atoms with Crippen LogP contribution < -0.4 is 5.32 Å². The van der Waals surface area contributed by atoms with Crippen molar-refractivity contribution in [1.82, 2.24) is 14.4 Å². The number of thiophene rings is 1. The first-order valence-corrected chi connectivity index (χ1v) is 12.5. The Hall–Kier alpha value is -2.27. The lowest BCUT2D eigenvalue weighted by Gasteiger charge is -2.30. The van der Waals surface area contributed by atoms with E-state index in [1.165, 1.54) is 4.31 Å². The van der Waals surface area contributed by atoms with Gasteiger partial charge in [0, 0.05) is 41.2 Å². The van der Waals surface area contributed by atoms with Crippen LogP contribution in [-0.2, 0) is 21.2 Å². The molecule has 1 saturated heterocycles. The molecule has 1 aliphatic heterocycles. The van der Waals surface area contributed by atoms with Crippen molar-refractivity contribution in [3.05, 3.63) is 46.6 Å². The van der Waals surface area contributed by atoms with Crippen LogP contribution in [0.2, 0.25) is 5.02 Å². The second-order valence-electron chi connectivity index (χ2n) is 7.22. The summed E-state index contributed by atoms with van der Waals surface area (Å²) < 4.78 is 33.1. The molecule has 11 heteroatoms. The van der Waals surface area contributed by atoms with Crippen molar-refractivity contribution in [2.45, 2.75) is 30.4 Å². The van der Waals surface area contributed by atoms with Crippen LogP contribution in [0, 0.1) is 5.92 Å². The molecular weight excluding hydrogens is 460 g/mol. The molecule has 2 aromatic heterocycles. The summed E-state index contributed by atoms with van der Waals surface area (Å²) in [4.78, 5) is 17.0. The third kappa shape index (κ3) is 4.82. The topological polar surface area (TPSA) is 105 Å². The monoisotopic (exact) mass is 480 g/mol. The fraction of sp³-hybridized carbons (Fsp3) is 0.350. The summed E-state index contributed by atoms with van der Waals surface area (Å²) in [6.07, 6.45) is 1.83. The number of anilines is 1. The van der Waals surface area contributed by atoms with Gasteiger partial charge in [-0.2, -0.15) is 9.29 Å². The van der Waals surface area contributed by atoms with Crippen molar-refractivity contribution in [1.29, 1.82) is 0 Å². The van der Waals surface area contributed by atoms with Gasteiger partial charge in [0.2, 0.25) is 17.6 Å². The lowest BCUT2D eigenvalue weighted by atomic mass is 9.99. The van der Waals surface area contributed by atoms with Gasteiger partial charge in [-0.15, -0.1) is 11.3 Å². The van der Waals surface area contributed by atoms with Gasteiger partial charge in [0.15, 0.2) is 0 Å². The fourth-order valence-corrected chi connectivity index (χ4v) is 6.42. The van der Waals surface area contributed by atoms with Crippen LogP contribution >= 0.6 is 22.9 Å². The largest absolute Gasteiger partial charge is 0.339 e. The number of halogens is 1. The van der Waals surface area contributed by atoms with E-state index in [9.17, 15) is 13.2 Å². The Morgan fingerprint density at radius 3 is 2.97 bits per heavy atom. The molecule has 3 heterocycles. The van der Waals surface area contributed by atoms with Gasteiger partial charge in [0.05, 0.1) is 5.92 Å². The van der Waals surface area contributed by atoms with Gasteiger partial charge in [-0.25, -0.2) is 8.42 Å². The minimum absolute atomic E-state index is 0.129. The van der Waals surface area contributed by atoms with Gasteiger partial charge >= 0.3 is 0 Å². The number of amides is 1. The highest BCUT2D eigenvalue weighted by Gasteiger charge is 2.34. The highest BCUT2D eigenvalue weighted by Crippen LogP contribution is 2.31. The molecule has 1 fully saturated rings. The summed E-state index contributed by atoms with van der Waals surface area (Å²) in [5, 5.41) is 8.94. The summed E-state index contributed by atoms with van der Waals surface area (Å²) in [7, 11) is -3.73. The molecule has 1 aliphatic rings. The summed E-state index contributed by atoms with van der Waals surface area (Å²) in [5.74, 6) is 0.210. The molecule has 31 heavy (non-hydrogen) atoms. The molecule has 3 aromatic rings. The maximum absolute atomic E-state index is 13.2. The summed E-state index contributed by atoms with van der Waals surface area (Å²) in [5.41, 5.74) is 1.19. The minimum atomic E-state index is -3.73. The molecule has 0 bridgehead atoms. The number of aryl methyl sites for hydroxylation is 1. The molecule has 0 spiro atoms. The second kappa shape index (κ2) is 9.07. The SMILES string of the molecule is CCc1nc(-c2csc(S(=O)(=O)N3CCC[C@@H](C(=O)Nc4cccc(Cl)c4)C3)c2)no1. The van der Waals surface area contributed by atoms with Crippen LogP contribution in [0.4, 0.5) is 5.69 Å². The third-order valence-electron chi connectivity index (χ3n) is 5.05. The average molecular weight is 481 g/mol. The standard InChI is InChI=1S/C20H21ClN4O4S2/c1-2-17-23-19(24-29-17)14-9-18(30-12-14)31(27,28)25-8-4-5-13(11-25)20(26)22-16-7-3-6-15(21)10-16/h3,6-7,9-10,12-13H,2,4-5,8,11H2,1H3,(H,22,26)/t13-/m1/s1. The van der Waals surface area contributed by atoms with Crippen LogP contribution in [-0.4, -0.2) is 41.9 Å². The maximum Gasteiger partial charge on any atom is 0.252 e. The molecule has 164 valence electrons. The summed E-state index contributed by atoms with van der Waals surface area (Å²) in [6, 6.07) is 8.43. The first kappa shape index (κ1) is 21.9. The van der Waals surface area contributed by atoms with Gasteiger partial charge in [-0.3, -0.25) is 4.79 Å². The fourth-order valence-electron chi connectivity index (χ4n) is 3.40. The molecular formula is C20H21ClN4O4S2. The van der Waals surface area contributed by atoms with Crippen molar-refractivity contribution in [3.63, 3.8) is 0 Å². The normalized spacial score (nSPS) is 17.5. The number of rotatable bonds is 6.